The highest BCUT2D eigenvalue weighted by atomic mass is 35.5. The molecule has 0 unspecified atom stereocenters. The highest BCUT2D eigenvalue weighted by Gasteiger charge is 2.45. The third-order valence-electron chi connectivity index (χ3n) is 4.28. The van der Waals surface area contributed by atoms with Gasteiger partial charge in [0.25, 0.3) is 0 Å². The van der Waals surface area contributed by atoms with E-state index in [-0.39, 0.29) is 42.1 Å². The lowest BCUT2D eigenvalue weighted by atomic mass is 9.73. The van der Waals surface area contributed by atoms with Crippen LogP contribution in [0, 0.1) is 11.2 Å². The van der Waals surface area contributed by atoms with Gasteiger partial charge in [-0.25, -0.2) is 4.39 Å². The van der Waals surface area contributed by atoms with Gasteiger partial charge in [0.15, 0.2) is 0 Å². The SMILES string of the molecule is Cl.Cl.N[C@@H]1c2cccc(F)c2CC12CCNCC2. The van der Waals surface area contributed by atoms with Crippen LogP contribution in [0.1, 0.15) is 30.0 Å². The predicted molar refractivity (Wildman–Crippen MR) is 76.1 cm³/mol. The second-order valence-electron chi connectivity index (χ2n) is 5.07. The smallest absolute Gasteiger partial charge is 0.126 e. The van der Waals surface area contributed by atoms with Gasteiger partial charge < -0.3 is 11.1 Å². The zero-order valence-electron chi connectivity index (χ0n) is 10.1. The molecule has 0 saturated carbocycles. The first-order chi connectivity index (χ1) is 7.73. The van der Waals surface area contributed by atoms with E-state index >= 15 is 0 Å². The van der Waals surface area contributed by atoms with E-state index in [9.17, 15) is 4.39 Å². The van der Waals surface area contributed by atoms with E-state index in [0.717, 1.165) is 43.5 Å². The molecule has 0 bridgehead atoms. The quantitative estimate of drug-likeness (QED) is 0.771. The molecule has 102 valence electrons. The van der Waals surface area contributed by atoms with E-state index in [1.54, 1.807) is 12.1 Å². The normalized spacial score (nSPS) is 24.0. The molecule has 1 atom stereocenters. The first-order valence-corrected chi connectivity index (χ1v) is 5.97. The Morgan fingerprint density at radius 1 is 1.22 bits per heavy atom. The Morgan fingerprint density at radius 2 is 1.89 bits per heavy atom. The molecule has 1 aromatic carbocycles. The molecule has 1 aliphatic heterocycles. The van der Waals surface area contributed by atoms with Crippen molar-refractivity contribution < 1.29 is 4.39 Å². The Bertz CT molecular complexity index is 419. The summed E-state index contributed by atoms with van der Waals surface area (Å²) in [7, 11) is 0. The summed E-state index contributed by atoms with van der Waals surface area (Å²) in [6.45, 7) is 2.01. The Balaban J connectivity index is 0.000000810. The van der Waals surface area contributed by atoms with E-state index in [1.165, 1.54) is 0 Å². The molecule has 1 aliphatic carbocycles. The second kappa shape index (κ2) is 5.74. The molecule has 2 nitrogen and oxygen atoms in total. The maximum atomic E-state index is 13.7. The third-order valence-corrected chi connectivity index (χ3v) is 4.28. The molecule has 0 aromatic heterocycles. The Hall–Kier alpha value is -0.350. The van der Waals surface area contributed by atoms with Crippen molar-refractivity contribution >= 4 is 24.8 Å². The maximum Gasteiger partial charge on any atom is 0.126 e. The molecule has 5 heteroatoms. The first kappa shape index (κ1) is 15.7. The minimum absolute atomic E-state index is 0. The van der Waals surface area contributed by atoms with E-state index in [1.807, 2.05) is 6.07 Å². The average Bonchev–Trinajstić information content (AvgIpc) is 2.57. The number of halogens is 3. The standard InChI is InChI=1S/C13H17FN2.2ClH/c14-11-3-1-2-9-10(11)8-13(12(9)15)4-6-16-7-5-13;;/h1-3,12,16H,4-8,15H2;2*1H/t12-;;/m1../s1. The Labute approximate surface area is 119 Å². The zero-order chi connectivity index (χ0) is 11.2. The number of hydrogen-bond acceptors (Lipinski definition) is 2. The third kappa shape index (κ3) is 2.25. The van der Waals surface area contributed by atoms with Crippen LogP contribution >= 0.6 is 24.8 Å². The molecule has 1 heterocycles. The zero-order valence-corrected chi connectivity index (χ0v) is 11.7. The molecule has 2 aliphatic rings. The van der Waals surface area contributed by atoms with E-state index in [4.69, 9.17) is 5.73 Å². The molecule has 3 N–H and O–H groups in total. The van der Waals surface area contributed by atoms with Crippen LogP contribution in [-0.4, -0.2) is 13.1 Å². The van der Waals surface area contributed by atoms with Crippen molar-refractivity contribution in [3.05, 3.63) is 35.1 Å². The van der Waals surface area contributed by atoms with E-state index in [2.05, 4.69) is 5.32 Å². The minimum Gasteiger partial charge on any atom is -0.323 e. The summed E-state index contributed by atoms with van der Waals surface area (Å²) < 4.78 is 13.7. The van der Waals surface area contributed by atoms with Crippen molar-refractivity contribution in [3.63, 3.8) is 0 Å². The number of nitrogens with two attached hydrogens (primary N) is 1. The number of benzene rings is 1. The lowest BCUT2D eigenvalue weighted by molar-refractivity contribution is 0.173. The van der Waals surface area contributed by atoms with Gasteiger partial charge in [-0.3, -0.25) is 0 Å². The van der Waals surface area contributed by atoms with Gasteiger partial charge in [-0.2, -0.15) is 0 Å². The predicted octanol–water partition coefficient (Wildman–Crippen LogP) is 2.60. The van der Waals surface area contributed by atoms with Crippen LogP contribution in [0.4, 0.5) is 4.39 Å². The van der Waals surface area contributed by atoms with Gasteiger partial charge in [0, 0.05) is 6.04 Å². The fourth-order valence-electron chi connectivity index (χ4n) is 3.26. The number of piperidine rings is 1. The fourth-order valence-corrected chi connectivity index (χ4v) is 3.26. The lowest BCUT2D eigenvalue weighted by Gasteiger charge is -2.37. The fraction of sp³-hybridized carbons (Fsp3) is 0.538. The highest BCUT2D eigenvalue weighted by Crippen LogP contribution is 2.50. The Kier molecular flexibility index (Phi) is 5.01. The topological polar surface area (TPSA) is 38.0 Å². The van der Waals surface area contributed by atoms with Crippen LogP contribution in [-0.2, 0) is 6.42 Å². The van der Waals surface area contributed by atoms with Gasteiger partial charge >= 0.3 is 0 Å². The molecular weight excluding hydrogens is 274 g/mol. The first-order valence-electron chi connectivity index (χ1n) is 5.97. The molecule has 1 fully saturated rings. The number of hydrogen-bond donors (Lipinski definition) is 2. The van der Waals surface area contributed by atoms with Crippen molar-refractivity contribution in [2.45, 2.75) is 25.3 Å². The summed E-state index contributed by atoms with van der Waals surface area (Å²) in [6, 6.07) is 5.32. The highest BCUT2D eigenvalue weighted by molar-refractivity contribution is 5.85. The largest absolute Gasteiger partial charge is 0.323 e. The van der Waals surface area contributed by atoms with Gasteiger partial charge in [-0.05, 0) is 55.0 Å². The van der Waals surface area contributed by atoms with Crippen LogP contribution < -0.4 is 11.1 Å². The number of rotatable bonds is 0. The van der Waals surface area contributed by atoms with Crippen molar-refractivity contribution in [1.29, 1.82) is 0 Å². The van der Waals surface area contributed by atoms with Gasteiger partial charge in [0.1, 0.15) is 5.82 Å². The molecule has 3 rings (SSSR count). The maximum absolute atomic E-state index is 13.7. The summed E-state index contributed by atoms with van der Waals surface area (Å²) in [5.41, 5.74) is 8.33. The Morgan fingerprint density at radius 3 is 2.50 bits per heavy atom. The van der Waals surface area contributed by atoms with Gasteiger partial charge in [0.2, 0.25) is 0 Å². The van der Waals surface area contributed by atoms with Crippen LogP contribution in [0.15, 0.2) is 18.2 Å². The molecule has 1 saturated heterocycles. The van der Waals surface area contributed by atoms with Crippen LogP contribution in [0.2, 0.25) is 0 Å². The average molecular weight is 293 g/mol. The molecule has 18 heavy (non-hydrogen) atoms. The van der Waals surface area contributed by atoms with Crippen molar-refractivity contribution in [2.75, 3.05) is 13.1 Å². The summed E-state index contributed by atoms with van der Waals surface area (Å²) in [4.78, 5) is 0. The molecule has 1 spiro atoms. The molecule has 1 aromatic rings. The number of nitrogens with one attached hydrogen (secondary N) is 1. The monoisotopic (exact) mass is 292 g/mol. The van der Waals surface area contributed by atoms with Crippen LogP contribution in [0.3, 0.4) is 0 Å². The summed E-state index contributed by atoms with van der Waals surface area (Å²) >= 11 is 0. The second-order valence-corrected chi connectivity index (χ2v) is 5.07. The summed E-state index contributed by atoms with van der Waals surface area (Å²) in [6.07, 6.45) is 2.93. The van der Waals surface area contributed by atoms with Crippen molar-refractivity contribution in [3.8, 4) is 0 Å². The molecule has 0 radical (unpaired) electrons. The van der Waals surface area contributed by atoms with Crippen molar-refractivity contribution in [1.82, 2.24) is 5.32 Å². The van der Waals surface area contributed by atoms with E-state index in [0.29, 0.717) is 0 Å². The van der Waals surface area contributed by atoms with Crippen LogP contribution in [0.5, 0.6) is 0 Å². The molecular formula is C13H19Cl2FN2. The van der Waals surface area contributed by atoms with Gasteiger partial charge in [-0.1, -0.05) is 12.1 Å². The van der Waals surface area contributed by atoms with Crippen molar-refractivity contribution in [2.24, 2.45) is 11.1 Å². The van der Waals surface area contributed by atoms with Gasteiger partial charge in [0.05, 0.1) is 0 Å². The summed E-state index contributed by atoms with van der Waals surface area (Å²) in [5, 5.41) is 3.35. The van der Waals surface area contributed by atoms with Crippen LogP contribution in [0.25, 0.3) is 0 Å². The minimum atomic E-state index is -0.0802. The van der Waals surface area contributed by atoms with Gasteiger partial charge in [-0.15, -0.1) is 24.8 Å². The molecule has 0 amide bonds. The number of fused-ring (bicyclic) bond motifs is 1. The summed E-state index contributed by atoms with van der Waals surface area (Å²) in [5.74, 6) is -0.0802. The van der Waals surface area contributed by atoms with E-state index < -0.39 is 0 Å². The lowest BCUT2D eigenvalue weighted by Crippen LogP contribution is -2.42.